The van der Waals surface area contributed by atoms with Crippen LogP contribution in [0.1, 0.15) is 0 Å². The molecular weight excluding hydrogens is 587 g/mol. The molecule has 0 aliphatic carbocycles. The maximum Gasteiger partial charge on any atom is 0.0986 e. The van der Waals surface area contributed by atoms with Crippen LogP contribution in [0.5, 0.6) is 0 Å². The van der Waals surface area contributed by atoms with Crippen LogP contribution in [-0.4, -0.2) is 24.9 Å². The maximum absolute atomic E-state index is 5.37. The summed E-state index contributed by atoms with van der Waals surface area (Å²) in [5.74, 6) is 0. The molecule has 10 aromatic rings. The van der Waals surface area contributed by atoms with E-state index in [-0.39, 0.29) is 0 Å². The Labute approximate surface area is 275 Å². The van der Waals surface area contributed by atoms with Crippen LogP contribution in [0.15, 0.2) is 152 Å². The van der Waals surface area contributed by atoms with Crippen molar-refractivity contribution >= 4 is 65.3 Å². The van der Waals surface area contributed by atoms with Crippen molar-refractivity contribution in [2.24, 2.45) is 0 Å². The molecular formula is C43H25N5. The Kier molecular flexibility index (Phi) is 5.81. The smallest absolute Gasteiger partial charge is 0.0986 e. The molecule has 5 heteroatoms. The quantitative estimate of drug-likeness (QED) is 0.186. The minimum absolute atomic E-state index is 0.861. The average molecular weight is 612 g/mol. The van der Waals surface area contributed by atoms with Crippen molar-refractivity contribution in [3.63, 3.8) is 0 Å². The summed E-state index contributed by atoms with van der Waals surface area (Å²) in [7, 11) is 0. The molecule has 0 unspecified atom stereocenters. The standard InChI is InChI=1S/C43H25N5/c1-2-8-26(9-3-1)36-21-18-28-15-16-29-19-22-37(47-41(29)40(28)46-36)30-10-6-11-31(24-30)38-33-14-5-4-13-32(33)35-25-45-43-34(42(35)48-38)20-17-27-12-7-23-44-39(27)43/h1-25H. The highest BCUT2D eigenvalue weighted by Gasteiger charge is 2.16. The van der Waals surface area contributed by atoms with Crippen molar-refractivity contribution in [1.29, 1.82) is 0 Å². The Hall–Kier alpha value is -6.59. The molecule has 5 nitrogen and oxygen atoms in total. The van der Waals surface area contributed by atoms with Gasteiger partial charge in [0.2, 0.25) is 0 Å². The number of benzene rings is 5. The zero-order valence-electron chi connectivity index (χ0n) is 25.7. The van der Waals surface area contributed by atoms with E-state index >= 15 is 0 Å². The predicted molar refractivity (Wildman–Crippen MR) is 197 cm³/mol. The van der Waals surface area contributed by atoms with Gasteiger partial charge in [0.05, 0.1) is 44.7 Å². The van der Waals surface area contributed by atoms with Crippen LogP contribution in [0.2, 0.25) is 0 Å². The summed E-state index contributed by atoms with van der Waals surface area (Å²) in [5.41, 5.74) is 10.3. The zero-order chi connectivity index (χ0) is 31.6. The van der Waals surface area contributed by atoms with Crippen LogP contribution in [0.4, 0.5) is 0 Å². The molecule has 0 bridgehead atoms. The molecule has 5 aromatic heterocycles. The summed E-state index contributed by atoms with van der Waals surface area (Å²) < 4.78 is 0. The molecule has 0 N–H and O–H groups in total. The molecule has 0 atom stereocenters. The Balaban J connectivity index is 1.16. The van der Waals surface area contributed by atoms with Gasteiger partial charge < -0.3 is 0 Å². The highest BCUT2D eigenvalue weighted by Crippen LogP contribution is 2.37. The summed E-state index contributed by atoms with van der Waals surface area (Å²) in [4.78, 5) is 25.3. The van der Waals surface area contributed by atoms with Crippen molar-refractivity contribution in [3.05, 3.63) is 152 Å². The van der Waals surface area contributed by atoms with Gasteiger partial charge in [-0.1, -0.05) is 109 Å². The lowest BCUT2D eigenvalue weighted by molar-refractivity contribution is 1.36. The molecule has 0 saturated carbocycles. The predicted octanol–water partition coefficient (Wildman–Crippen LogP) is 10.6. The Morgan fingerprint density at radius 3 is 1.79 bits per heavy atom. The molecule has 0 radical (unpaired) electrons. The van der Waals surface area contributed by atoms with E-state index in [1.54, 1.807) is 0 Å². The van der Waals surface area contributed by atoms with E-state index in [4.69, 9.17) is 19.9 Å². The van der Waals surface area contributed by atoms with Gasteiger partial charge in [-0.15, -0.1) is 0 Å². The van der Waals surface area contributed by atoms with E-state index in [2.05, 4.69) is 120 Å². The van der Waals surface area contributed by atoms with E-state index in [1.165, 1.54) is 0 Å². The highest BCUT2D eigenvalue weighted by molar-refractivity contribution is 6.20. The first-order valence-corrected chi connectivity index (χ1v) is 16.0. The number of hydrogen-bond donors (Lipinski definition) is 0. The fourth-order valence-corrected chi connectivity index (χ4v) is 6.94. The van der Waals surface area contributed by atoms with Crippen LogP contribution in [0.3, 0.4) is 0 Å². The van der Waals surface area contributed by atoms with Crippen LogP contribution >= 0.6 is 0 Å². The van der Waals surface area contributed by atoms with E-state index in [9.17, 15) is 0 Å². The molecule has 10 rings (SSSR count). The summed E-state index contributed by atoms with van der Waals surface area (Å²) >= 11 is 0. The van der Waals surface area contributed by atoms with Crippen molar-refractivity contribution < 1.29 is 0 Å². The topological polar surface area (TPSA) is 64.5 Å². The first-order chi connectivity index (χ1) is 23.8. The van der Waals surface area contributed by atoms with Crippen molar-refractivity contribution in [1.82, 2.24) is 24.9 Å². The lowest BCUT2D eigenvalue weighted by Crippen LogP contribution is -1.94. The number of hydrogen-bond acceptors (Lipinski definition) is 5. The zero-order valence-corrected chi connectivity index (χ0v) is 25.7. The fourth-order valence-electron chi connectivity index (χ4n) is 6.94. The van der Waals surface area contributed by atoms with Crippen LogP contribution in [0, 0.1) is 0 Å². The van der Waals surface area contributed by atoms with Gasteiger partial charge in [-0.25, -0.2) is 15.0 Å². The molecule has 0 aliphatic heterocycles. The molecule has 5 aromatic carbocycles. The monoisotopic (exact) mass is 611 g/mol. The van der Waals surface area contributed by atoms with Gasteiger partial charge in [-0.05, 0) is 35.7 Å². The highest BCUT2D eigenvalue weighted by atomic mass is 14.8. The number of aromatic nitrogens is 5. The minimum Gasteiger partial charge on any atom is -0.254 e. The van der Waals surface area contributed by atoms with Gasteiger partial charge in [0.1, 0.15) is 0 Å². The maximum atomic E-state index is 5.37. The molecule has 0 amide bonds. The third-order valence-electron chi connectivity index (χ3n) is 9.30. The van der Waals surface area contributed by atoms with Gasteiger partial charge in [0.15, 0.2) is 0 Å². The number of pyridine rings is 5. The van der Waals surface area contributed by atoms with Crippen LogP contribution in [-0.2, 0) is 0 Å². The normalized spacial score (nSPS) is 11.8. The molecule has 0 spiro atoms. The van der Waals surface area contributed by atoms with E-state index < -0.39 is 0 Å². The number of nitrogens with zero attached hydrogens (tertiary/aromatic N) is 5. The third kappa shape index (κ3) is 4.15. The van der Waals surface area contributed by atoms with Crippen molar-refractivity contribution in [2.45, 2.75) is 0 Å². The van der Waals surface area contributed by atoms with E-state index in [0.717, 1.165) is 99.1 Å². The van der Waals surface area contributed by atoms with Crippen molar-refractivity contribution in [2.75, 3.05) is 0 Å². The van der Waals surface area contributed by atoms with E-state index in [0.29, 0.717) is 0 Å². The average Bonchev–Trinajstić information content (AvgIpc) is 3.17. The summed E-state index contributed by atoms with van der Waals surface area (Å²) in [5, 5.41) is 7.41. The van der Waals surface area contributed by atoms with Crippen molar-refractivity contribution in [3.8, 4) is 33.8 Å². The summed E-state index contributed by atoms with van der Waals surface area (Å²) in [6, 6.07) is 48.2. The molecule has 222 valence electrons. The van der Waals surface area contributed by atoms with Gasteiger partial charge in [0.25, 0.3) is 0 Å². The summed E-state index contributed by atoms with van der Waals surface area (Å²) in [6.07, 6.45) is 3.77. The lowest BCUT2D eigenvalue weighted by Gasteiger charge is -2.13. The van der Waals surface area contributed by atoms with Crippen LogP contribution < -0.4 is 0 Å². The molecule has 0 saturated heterocycles. The number of fused-ring (bicyclic) bond motifs is 10. The second kappa shape index (κ2) is 10.5. The molecule has 0 aliphatic rings. The first kappa shape index (κ1) is 26.6. The Bertz CT molecular complexity index is 2900. The van der Waals surface area contributed by atoms with Gasteiger partial charge >= 0.3 is 0 Å². The van der Waals surface area contributed by atoms with Gasteiger partial charge in [-0.3, -0.25) is 9.97 Å². The van der Waals surface area contributed by atoms with E-state index in [1.807, 2.05) is 36.7 Å². The Morgan fingerprint density at radius 2 is 0.979 bits per heavy atom. The second-order valence-electron chi connectivity index (χ2n) is 12.1. The third-order valence-corrected chi connectivity index (χ3v) is 9.30. The minimum atomic E-state index is 0.861. The molecule has 5 heterocycles. The second-order valence-corrected chi connectivity index (χ2v) is 12.1. The van der Waals surface area contributed by atoms with Crippen LogP contribution in [0.25, 0.3) is 99.1 Å². The van der Waals surface area contributed by atoms with Gasteiger partial charge in [0, 0.05) is 61.4 Å². The SMILES string of the molecule is c1ccc(-c2ccc3ccc4ccc(-c5cccc(-c6nc7c(cnc8c7ccc7cccnc78)c7ccccc67)c5)nc4c3n2)cc1. The Morgan fingerprint density at radius 1 is 0.333 bits per heavy atom. The first-order valence-electron chi connectivity index (χ1n) is 16.0. The van der Waals surface area contributed by atoms with Gasteiger partial charge in [-0.2, -0.15) is 0 Å². The number of rotatable bonds is 3. The lowest BCUT2D eigenvalue weighted by atomic mass is 9.97. The fraction of sp³-hybridized carbons (Fsp3) is 0. The molecule has 48 heavy (non-hydrogen) atoms. The molecule has 0 fully saturated rings. The largest absolute Gasteiger partial charge is 0.254 e. The summed E-state index contributed by atoms with van der Waals surface area (Å²) in [6.45, 7) is 0.